The Labute approximate surface area is 140 Å². The predicted octanol–water partition coefficient (Wildman–Crippen LogP) is 3.64. The number of nitrogens with zero attached hydrogens (tertiary/aromatic N) is 2. The molecule has 1 N–H and O–H groups in total. The fourth-order valence-corrected chi connectivity index (χ4v) is 1.81. The van der Waals surface area contributed by atoms with Crippen LogP contribution in [0.25, 0.3) is 5.76 Å². The minimum absolute atomic E-state index is 0.0349. The quantitative estimate of drug-likeness (QED) is 0.291. The number of ether oxygens (including phenoxy) is 1. The first-order chi connectivity index (χ1) is 11.8. The number of aromatic nitrogens is 1. The van der Waals surface area contributed by atoms with E-state index in [-0.39, 0.29) is 18.5 Å². The number of aliphatic imine (C=N–C) groups is 1. The van der Waals surface area contributed by atoms with E-state index in [0.717, 1.165) is 6.21 Å². The van der Waals surface area contributed by atoms with Gasteiger partial charge in [0.2, 0.25) is 0 Å². The molecule has 0 aliphatic heterocycles. The lowest BCUT2D eigenvalue weighted by Gasteiger charge is -2.08. The molecule has 0 unspecified atom stereocenters. The molecule has 1 heterocycles. The van der Waals surface area contributed by atoms with Gasteiger partial charge in [0.1, 0.15) is 22.9 Å². The van der Waals surface area contributed by atoms with Crippen molar-refractivity contribution in [3.63, 3.8) is 0 Å². The van der Waals surface area contributed by atoms with Crippen molar-refractivity contribution in [1.82, 2.24) is 5.16 Å². The Hall–Kier alpha value is -3.10. The number of aryl methyl sites for hydroxylation is 1. The molecule has 1 aromatic heterocycles. The lowest BCUT2D eigenvalue weighted by molar-refractivity contribution is -0.137. The minimum Gasteiger partial charge on any atom is -0.506 e. The second-order valence-electron chi connectivity index (χ2n) is 4.78. The van der Waals surface area contributed by atoms with Crippen LogP contribution in [-0.2, 0) is 9.53 Å². The van der Waals surface area contributed by atoms with Gasteiger partial charge in [-0.05, 0) is 19.9 Å². The van der Waals surface area contributed by atoms with Gasteiger partial charge in [0.15, 0.2) is 17.5 Å². The molecule has 0 saturated heterocycles. The molecule has 0 aliphatic rings. The number of aliphatic hydroxyl groups is 1. The van der Waals surface area contributed by atoms with Crippen molar-refractivity contribution >= 4 is 23.8 Å². The molecule has 9 heteroatoms. The van der Waals surface area contributed by atoms with Crippen molar-refractivity contribution in [3.05, 3.63) is 52.5 Å². The van der Waals surface area contributed by atoms with Crippen LogP contribution in [-0.4, -0.2) is 29.1 Å². The maximum absolute atomic E-state index is 13.8. The lowest BCUT2D eigenvalue weighted by Crippen LogP contribution is -2.12. The number of aliphatic hydroxyl groups excluding tert-OH is 1. The zero-order valence-electron chi connectivity index (χ0n) is 13.2. The van der Waals surface area contributed by atoms with E-state index in [4.69, 9.17) is 9.26 Å². The fourth-order valence-electron chi connectivity index (χ4n) is 1.81. The Bertz CT molecular complexity index is 859. The molecule has 0 fully saturated rings. The van der Waals surface area contributed by atoms with Crippen LogP contribution in [0.4, 0.5) is 19.0 Å². The molecule has 6 nitrogen and oxygen atoms in total. The number of hydrogen-bond acceptors (Lipinski definition) is 6. The number of carbonyl (C=O) groups excluding carboxylic acids is 1. The summed E-state index contributed by atoms with van der Waals surface area (Å²) in [6, 6.07) is 2.11. The highest BCUT2D eigenvalue weighted by Gasteiger charge is 2.21. The van der Waals surface area contributed by atoms with Gasteiger partial charge in [-0.15, -0.1) is 0 Å². The van der Waals surface area contributed by atoms with E-state index in [9.17, 15) is 23.1 Å². The average molecular weight is 354 g/mol. The molecular formula is C16H13F3N2O4. The summed E-state index contributed by atoms with van der Waals surface area (Å²) in [6.07, 6.45) is 0.866. The van der Waals surface area contributed by atoms with E-state index >= 15 is 0 Å². The van der Waals surface area contributed by atoms with Gasteiger partial charge < -0.3 is 14.4 Å². The second-order valence-corrected chi connectivity index (χ2v) is 4.78. The molecule has 0 aliphatic carbocycles. The Morgan fingerprint density at radius 1 is 1.28 bits per heavy atom. The topological polar surface area (TPSA) is 84.9 Å². The highest BCUT2D eigenvalue weighted by atomic mass is 19.2. The number of benzene rings is 1. The largest absolute Gasteiger partial charge is 0.506 e. The van der Waals surface area contributed by atoms with Crippen LogP contribution in [0.15, 0.2) is 33.3 Å². The van der Waals surface area contributed by atoms with Crippen LogP contribution >= 0.6 is 0 Å². The number of rotatable bonds is 5. The van der Waals surface area contributed by atoms with Crippen molar-refractivity contribution < 1.29 is 32.3 Å². The standard InChI is InChI=1S/C16H13F3N2O4/c1-3-24-16(23)10(7-20-14-4-8(2)25-21-14)15(22)9-5-12(18)13(19)6-11(9)17/h4-7,22H,3H2,1-2H3. The normalized spacial score (nSPS) is 12.4. The molecule has 1 aromatic carbocycles. The Morgan fingerprint density at radius 2 is 1.96 bits per heavy atom. The van der Waals surface area contributed by atoms with E-state index in [2.05, 4.69) is 10.1 Å². The van der Waals surface area contributed by atoms with E-state index in [1.54, 1.807) is 6.92 Å². The highest BCUT2D eigenvalue weighted by molar-refractivity contribution is 6.15. The molecule has 0 saturated carbocycles. The van der Waals surface area contributed by atoms with Crippen LogP contribution < -0.4 is 0 Å². The first-order valence-corrected chi connectivity index (χ1v) is 7.06. The van der Waals surface area contributed by atoms with Crippen molar-refractivity contribution in [2.75, 3.05) is 6.61 Å². The summed E-state index contributed by atoms with van der Waals surface area (Å²) >= 11 is 0. The zero-order chi connectivity index (χ0) is 18.6. The summed E-state index contributed by atoms with van der Waals surface area (Å²) < 4.78 is 49.7. The Morgan fingerprint density at radius 3 is 2.56 bits per heavy atom. The molecule has 0 radical (unpaired) electrons. The summed E-state index contributed by atoms with van der Waals surface area (Å²) in [4.78, 5) is 15.8. The maximum Gasteiger partial charge on any atom is 0.343 e. The van der Waals surface area contributed by atoms with Gasteiger partial charge in [0.25, 0.3) is 0 Å². The monoisotopic (exact) mass is 354 g/mol. The Balaban J connectivity index is 2.52. The third-order valence-corrected chi connectivity index (χ3v) is 2.96. The number of esters is 1. The lowest BCUT2D eigenvalue weighted by atomic mass is 10.1. The van der Waals surface area contributed by atoms with Crippen molar-refractivity contribution in [3.8, 4) is 0 Å². The van der Waals surface area contributed by atoms with Crippen LogP contribution in [0.2, 0.25) is 0 Å². The van der Waals surface area contributed by atoms with E-state index in [1.807, 2.05) is 0 Å². The van der Waals surface area contributed by atoms with Crippen molar-refractivity contribution in [2.45, 2.75) is 13.8 Å². The first kappa shape index (κ1) is 18.2. The maximum atomic E-state index is 13.8. The summed E-state index contributed by atoms with van der Waals surface area (Å²) in [5, 5.41) is 13.7. The molecule has 2 rings (SSSR count). The van der Waals surface area contributed by atoms with Crippen LogP contribution in [0.3, 0.4) is 0 Å². The van der Waals surface area contributed by atoms with Gasteiger partial charge in [0, 0.05) is 18.3 Å². The van der Waals surface area contributed by atoms with Gasteiger partial charge in [-0.1, -0.05) is 5.16 Å². The smallest absolute Gasteiger partial charge is 0.343 e. The number of carbonyl (C=O) groups is 1. The second kappa shape index (κ2) is 7.65. The highest BCUT2D eigenvalue weighted by Crippen LogP contribution is 2.23. The van der Waals surface area contributed by atoms with Gasteiger partial charge >= 0.3 is 5.97 Å². The van der Waals surface area contributed by atoms with Crippen LogP contribution in [0, 0.1) is 24.4 Å². The summed E-state index contributed by atoms with van der Waals surface area (Å²) in [5.74, 6) is -5.55. The third kappa shape index (κ3) is 4.25. The minimum atomic E-state index is -1.43. The van der Waals surface area contributed by atoms with Crippen molar-refractivity contribution in [1.29, 1.82) is 0 Å². The van der Waals surface area contributed by atoms with E-state index < -0.39 is 40.3 Å². The van der Waals surface area contributed by atoms with Gasteiger partial charge in [-0.3, -0.25) is 0 Å². The molecule has 0 amide bonds. The SMILES string of the molecule is CCOC(=O)C(C=Nc1cc(C)on1)=C(O)c1cc(F)c(F)cc1F. The fraction of sp³-hybridized carbons (Fsp3) is 0.188. The summed E-state index contributed by atoms with van der Waals surface area (Å²) in [6.45, 7) is 3.10. The predicted molar refractivity (Wildman–Crippen MR) is 81.9 cm³/mol. The van der Waals surface area contributed by atoms with Crippen molar-refractivity contribution in [2.24, 2.45) is 4.99 Å². The molecule has 0 bridgehead atoms. The van der Waals surface area contributed by atoms with Gasteiger partial charge in [-0.2, -0.15) is 0 Å². The third-order valence-electron chi connectivity index (χ3n) is 2.96. The summed E-state index contributed by atoms with van der Waals surface area (Å²) in [7, 11) is 0. The Kier molecular flexibility index (Phi) is 5.58. The average Bonchev–Trinajstić information content (AvgIpc) is 2.96. The first-order valence-electron chi connectivity index (χ1n) is 7.06. The van der Waals surface area contributed by atoms with Gasteiger partial charge in [-0.25, -0.2) is 23.0 Å². The van der Waals surface area contributed by atoms with E-state index in [1.165, 1.54) is 13.0 Å². The van der Waals surface area contributed by atoms with Crippen LogP contribution in [0.5, 0.6) is 0 Å². The molecule has 132 valence electrons. The molecule has 25 heavy (non-hydrogen) atoms. The van der Waals surface area contributed by atoms with Crippen LogP contribution in [0.1, 0.15) is 18.2 Å². The molecule has 0 spiro atoms. The number of halogens is 3. The number of hydrogen-bond donors (Lipinski definition) is 1. The molecule has 0 atom stereocenters. The van der Waals surface area contributed by atoms with Gasteiger partial charge in [0.05, 0.1) is 12.2 Å². The molecular weight excluding hydrogens is 341 g/mol. The molecule has 2 aromatic rings. The summed E-state index contributed by atoms with van der Waals surface area (Å²) in [5.41, 5.74) is -1.28. The zero-order valence-corrected chi connectivity index (χ0v) is 13.2. The van der Waals surface area contributed by atoms with E-state index in [0.29, 0.717) is 11.8 Å².